The minimum absolute atomic E-state index is 0.331. The Hall–Kier alpha value is -1.93. The van der Waals surface area contributed by atoms with Crippen LogP contribution in [-0.4, -0.2) is 17.2 Å². The summed E-state index contributed by atoms with van der Waals surface area (Å²) >= 11 is 0. The van der Waals surface area contributed by atoms with Crippen molar-refractivity contribution in [2.24, 2.45) is 0 Å². The highest BCUT2D eigenvalue weighted by molar-refractivity contribution is 5.87. The molecule has 0 aliphatic carbocycles. The Bertz CT molecular complexity index is 276. The quantitative estimate of drug-likeness (QED) is 0.486. The highest BCUT2D eigenvalue weighted by Gasteiger charge is 1.96. The normalized spacial score (nSPS) is 7.33. The minimum Gasteiger partial charge on any atom is -0.478 e. The number of nitrogens with one attached hydrogen (secondary N) is 1. The maximum absolute atomic E-state index is 10.2. The van der Waals surface area contributed by atoms with Gasteiger partial charge in [0.25, 0.3) is 0 Å². The summed E-state index contributed by atoms with van der Waals surface area (Å²) in [5.41, 5.74) is 0.331. The van der Waals surface area contributed by atoms with E-state index in [-0.39, 0.29) is 0 Å². The maximum Gasteiger partial charge on any atom is 0.335 e. The second kappa shape index (κ2) is 5.82. The summed E-state index contributed by atoms with van der Waals surface area (Å²) in [5, 5.41) is 13.8. The zero-order valence-electron chi connectivity index (χ0n) is 6.15. The third-order valence-corrected chi connectivity index (χ3v) is 1.02. The molecular formula is C8H7NO3. The lowest BCUT2D eigenvalue weighted by molar-refractivity contribution is 0.0697. The van der Waals surface area contributed by atoms with Crippen molar-refractivity contribution in [3.8, 4) is 0 Å². The molecule has 0 atom stereocenters. The molecule has 0 saturated heterocycles. The molecule has 0 spiro atoms. The van der Waals surface area contributed by atoms with Crippen LogP contribution in [0.15, 0.2) is 30.3 Å². The lowest BCUT2D eigenvalue weighted by atomic mass is 10.2. The van der Waals surface area contributed by atoms with E-state index in [1.807, 2.05) is 0 Å². The number of isocyanates is 1. The molecule has 0 aromatic heterocycles. The third kappa shape index (κ3) is 3.98. The topological polar surface area (TPSA) is 78.2 Å². The molecule has 0 amide bonds. The fraction of sp³-hybridized carbons (Fsp3) is 0. The Kier molecular flexibility index (Phi) is 4.89. The van der Waals surface area contributed by atoms with E-state index in [2.05, 4.69) is 0 Å². The van der Waals surface area contributed by atoms with Crippen LogP contribution < -0.4 is 0 Å². The summed E-state index contributed by atoms with van der Waals surface area (Å²) in [6.45, 7) is 0. The molecule has 0 heterocycles. The van der Waals surface area contributed by atoms with Crippen molar-refractivity contribution < 1.29 is 14.7 Å². The highest BCUT2D eigenvalue weighted by Crippen LogP contribution is 1.96. The van der Waals surface area contributed by atoms with Crippen LogP contribution in [0, 0.1) is 5.41 Å². The first-order valence-corrected chi connectivity index (χ1v) is 3.04. The minimum atomic E-state index is -0.879. The summed E-state index contributed by atoms with van der Waals surface area (Å²) in [6.07, 6.45) is 0.750. The van der Waals surface area contributed by atoms with Gasteiger partial charge in [-0.15, -0.1) is 0 Å². The molecule has 0 radical (unpaired) electrons. The van der Waals surface area contributed by atoms with Crippen LogP contribution in [0.2, 0.25) is 0 Å². The van der Waals surface area contributed by atoms with E-state index in [9.17, 15) is 4.79 Å². The molecule has 1 aromatic carbocycles. The zero-order valence-corrected chi connectivity index (χ0v) is 6.15. The first-order chi connectivity index (χ1) is 5.72. The average Bonchev–Trinajstić information content (AvgIpc) is 2.07. The number of carboxylic acid groups (broad SMARTS) is 1. The first kappa shape index (κ1) is 10.1. The molecule has 2 N–H and O–H groups in total. The molecule has 12 heavy (non-hydrogen) atoms. The fourth-order valence-corrected chi connectivity index (χ4v) is 0.581. The number of aromatic carboxylic acids is 1. The van der Waals surface area contributed by atoms with Crippen LogP contribution in [0.25, 0.3) is 0 Å². The SMILES string of the molecule is N=C=O.O=C(O)c1ccccc1. The van der Waals surface area contributed by atoms with Gasteiger partial charge < -0.3 is 5.11 Å². The Labute approximate surface area is 69.0 Å². The number of hydrogen-bond donors (Lipinski definition) is 2. The van der Waals surface area contributed by atoms with Crippen LogP contribution in [0.1, 0.15) is 10.4 Å². The van der Waals surface area contributed by atoms with Crippen molar-refractivity contribution in [2.45, 2.75) is 0 Å². The third-order valence-electron chi connectivity index (χ3n) is 1.02. The molecule has 1 rings (SSSR count). The van der Waals surface area contributed by atoms with Crippen molar-refractivity contribution in [3.05, 3.63) is 35.9 Å². The molecule has 4 heteroatoms. The van der Waals surface area contributed by atoms with Gasteiger partial charge in [-0.25, -0.2) is 15.0 Å². The monoisotopic (exact) mass is 165 g/mol. The molecule has 1 aromatic rings. The summed E-state index contributed by atoms with van der Waals surface area (Å²) in [7, 11) is 0. The number of carbonyl (C=O) groups is 1. The van der Waals surface area contributed by atoms with Gasteiger partial charge >= 0.3 is 5.97 Å². The second-order valence-electron chi connectivity index (χ2n) is 1.77. The molecule has 0 saturated carbocycles. The van der Waals surface area contributed by atoms with Crippen molar-refractivity contribution in [3.63, 3.8) is 0 Å². The standard InChI is InChI=1S/C7H6O2.CHNO/c8-7(9)6-4-2-1-3-5-6;2-1-3/h1-5H,(H,8,9);2H. The maximum atomic E-state index is 10.2. The average molecular weight is 165 g/mol. The van der Waals surface area contributed by atoms with Gasteiger partial charge in [-0.1, -0.05) is 18.2 Å². The largest absolute Gasteiger partial charge is 0.478 e. The molecule has 0 aliphatic heterocycles. The highest BCUT2D eigenvalue weighted by atomic mass is 16.4. The summed E-state index contributed by atoms with van der Waals surface area (Å²) in [4.78, 5) is 18.5. The Morgan fingerprint density at radius 1 is 1.33 bits per heavy atom. The second-order valence-corrected chi connectivity index (χ2v) is 1.77. The van der Waals surface area contributed by atoms with Gasteiger partial charge in [0.1, 0.15) is 0 Å². The van der Waals surface area contributed by atoms with E-state index in [1.165, 1.54) is 0 Å². The van der Waals surface area contributed by atoms with E-state index in [4.69, 9.17) is 15.3 Å². The molecule has 62 valence electrons. The van der Waals surface area contributed by atoms with E-state index in [1.54, 1.807) is 30.3 Å². The molecular weight excluding hydrogens is 158 g/mol. The van der Waals surface area contributed by atoms with Crippen LogP contribution in [-0.2, 0) is 4.79 Å². The number of rotatable bonds is 1. The van der Waals surface area contributed by atoms with E-state index < -0.39 is 5.97 Å². The van der Waals surface area contributed by atoms with Gasteiger partial charge in [0.05, 0.1) is 5.56 Å². The number of carbonyl (C=O) groups excluding carboxylic acids is 1. The summed E-state index contributed by atoms with van der Waals surface area (Å²) in [6, 6.07) is 8.30. The van der Waals surface area contributed by atoms with Gasteiger partial charge in [0, 0.05) is 0 Å². The van der Waals surface area contributed by atoms with Gasteiger partial charge in [0.15, 0.2) is 0 Å². The van der Waals surface area contributed by atoms with Crippen molar-refractivity contribution in [1.29, 1.82) is 5.41 Å². The molecule has 0 fully saturated rings. The van der Waals surface area contributed by atoms with Crippen LogP contribution in [0.4, 0.5) is 0 Å². The molecule has 4 nitrogen and oxygen atoms in total. The van der Waals surface area contributed by atoms with Crippen LogP contribution in [0.5, 0.6) is 0 Å². The molecule has 0 unspecified atom stereocenters. The Morgan fingerprint density at radius 3 is 2.00 bits per heavy atom. The fourth-order valence-electron chi connectivity index (χ4n) is 0.581. The van der Waals surface area contributed by atoms with Crippen molar-refractivity contribution >= 4 is 12.0 Å². The molecule has 0 bridgehead atoms. The smallest absolute Gasteiger partial charge is 0.335 e. The first-order valence-electron chi connectivity index (χ1n) is 3.04. The van der Waals surface area contributed by atoms with Gasteiger partial charge in [0.2, 0.25) is 6.08 Å². The Balaban J connectivity index is 0.000000354. The van der Waals surface area contributed by atoms with Crippen molar-refractivity contribution in [2.75, 3.05) is 0 Å². The van der Waals surface area contributed by atoms with E-state index in [0.29, 0.717) is 5.56 Å². The summed E-state index contributed by atoms with van der Waals surface area (Å²) < 4.78 is 0. The zero-order chi connectivity index (χ0) is 9.40. The van der Waals surface area contributed by atoms with E-state index in [0.717, 1.165) is 6.08 Å². The van der Waals surface area contributed by atoms with Crippen LogP contribution in [0.3, 0.4) is 0 Å². The molecule has 0 aliphatic rings. The Morgan fingerprint density at radius 2 is 1.75 bits per heavy atom. The van der Waals surface area contributed by atoms with Crippen molar-refractivity contribution in [1.82, 2.24) is 0 Å². The lowest BCUT2D eigenvalue weighted by Crippen LogP contribution is -1.93. The number of carboxylic acids is 1. The number of hydrogen-bond acceptors (Lipinski definition) is 3. The van der Waals surface area contributed by atoms with E-state index >= 15 is 0 Å². The van der Waals surface area contributed by atoms with Gasteiger partial charge in [-0.05, 0) is 12.1 Å². The van der Waals surface area contributed by atoms with Gasteiger partial charge in [-0.3, -0.25) is 0 Å². The predicted molar refractivity (Wildman–Crippen MR) is 41.8 cm³/mol. The van der Waals surface area contributed by atoms with Crippen LogP contribution >= 0.6 is 0 Å². The predicted octanol–water partition coefficient (Wildman–Crippen LogP) is 1.29. The van der Waals surface area contributed by atoms with Gasteiger partial charge in [-0.2, -0.15) is 0 Å². The number of benzene rings is 1. The lowest BCUT2D eigenvalue weighted by Gasteiger charge is -1.88. The summed E-state index contributed by atoms with van der Waals surface area (Å²) in [5.74, 6) is -0.879.